The zero-order chi connectivity index (χ0) is 12.5. The number of nitrogens with zero attached hydrogens (tertiary/aromatic N) is 3. The summed E-state index contributed by atoms with van der Waals surface area (Å²) >= 11 is 6.07. The van der Waals surface area contributed by atoms with Crippen LogP contribution in [0.3, 0.4) is 0 Å². The Bertz CT molecular complexity index is 385. The number of hydrogen-bond acceptors (Lipinski definition) is 3. The van der Waals surface area contributed by atoms with E-state index in [0.29, 0.717) is 36.8 Å². The first-order valence-corrected chi connectivity index (χ1v) is 6.17. The third kappa shape index (κ3) is 2.61. The van der Waals surface area contributed by atoms with Crippen molar-refractivity contribution in [3.05, 3.63) is 16.9 Å². The first-order chi connectivity index (χ1) is 8.03. The van der Waals surface area contributed by atoms with E-state index < -0.39 is 5.67 Å². The Morgan fingerprint density at radius 3 is 3.00 bits per heavy atom. The predicted molar refractivity (Wildman–Crippen MR) is 66.1 cm³/mol. The molecule has 0 saturated carbocycles. The lowest BCUT2D eigenvalue weighted by Gasteiger charge is -2.21. The smallest absolute Gasteiger partial charge is 0.167 e. The number of alkyl halides is 1. The van der Waals surface area contributed by atoms with E-state index in [1.807, 2.05) is 19.0 Å². The van der Waals surface area contributed by atoms with Crippen LogP contribution < -0.4 is 5.32 Å². The van der Waals surface area contributed by atoms with Crippen LogP contribution in [-0.4, -0.2) is 48.4 Å². The molecule has 4 nitrogen and oxygen atoms in total. The van der Waals surface area contributed by atoms with Crippen molar-refractivity contribution in [3.8, 4) is 0 Å². The quantitative estimate of drug-likeness (QED) is 0.885. The maximum absolute atomic E-state index is 14.7. The summed E-state index contributed by atoms with van der Waals surface area (Å²) in [5, 5.41) is 7.63. The van der Waals surface area contributed by atoms with Gasteiger partial charge in [0.2, 0.25) is 0 Å². The zero-order valence-electron chi connectivity index (χ0n) is 10.2. The van der Waals surface area contributed by atoms with Crippen molar-refractivity contribution in [3.63, 3.8) is 0 Å². The molecule has 2 rings (SSSR count). The molecule has 0 amide bonds. The van der Waals surface area contributed by atoms with Crippen LogP contribution in [0, 0.1) is 0 Å². The minimum Gasteiger partial charge on any atom is -0.313 e. The van der Waals surface area contributed by atoms with Gasteiger partial charge in [-0.25, -0.2) is 4.39 Å². The number of hydrogen-bond donors (Lipinski definition) is 1. The first kappa shape index (κ1) is 12.8. The molecule has 0 spiro atoms. The minimum atomic E-state index is -1.38. The molecule has 0 aromatic carbocycles. The van der Waals surface area contributed by atoms with Crippen LogP contribution in [0.4, 0.5) is 4.39 Å². The second kappa shape index (κ2) is 4.92. The Kier molecular flexibility index (Phi) is 3.70. The highest BCUT2D eigenvalue weighted by molar-refractivity contribution is 6.31. The Hall–Kier alpha value is -0.650. The molecule has 96 valence electrons. The van der Waals surface area contributed by atoms with Crippen LogP contribution in [0.2, 0.25) is 5.02 Å². The molecule has 1 saturated heterocycles. The topological polar surface area (TPSA) is 33.1 Å². The Labute approximate surface area is 106 Å². The van der Waals surface area contributed by atoms with E-state index in [0.717, 1.165) is 6.54 Å². The highest BCUT2D eigenvalue weighted by Crippen LogP contribution is 2.36. The van der Waals surface area contributed by atoms with Gasteiger partial charge in [-0.2, -0.15) is 5.10 Å². The molecule has 1 aliphatic rings. The van der Waals surface area contributed by atoms with Crippen molar-refractivity contribution >= 4 is 11.6 Å². The summed E-state index contributed by atoms with van der Waals surface area (Å²) in [6.45, 7) is 2.47. The molecule has 1 unspecified atom stereocenters. The lowest BCUT2D eigenvalue weighted by atomic mass is 10.0. The molecule has 1 N–H and O–H groups in total. The summed E-state index contributed by atoms with van der Waals surface area (Å²) in [5.41, 5.74) is -0.856. The molecule has 0 aliphatic carbocycles. The fourth-order valence-electron chi connectivity index (χ4n) is 2.14. The molecule has 1 atom stereocenters. The highest BCUT2D eigenvalue weighted by Gasteiger charge is 2.40. The SMILES string of the molecule is CN(C)CCn1ncc(Cl)c1C1(F)CCNC1. The summed E-state index contributed by atoms with van der Waals surface area (Å²) in [5.74, 6) is 0. The molecule has 6 heteroatoms. The summed E-state index contributed by atoms with van der Waals surface area (Å²) in [6, 6.07) is 0. The summed E-state index contributed by atoms with van der Waals surface area (Å²) in [6.07, 6.45) is 1.99. The van der Waals surface area contributed by atoms with Crippen LogP contribution in [0.25, 0.3) is 0 Å². The fraction of sp³-hybridized carbons (Fsp3) is 0.727. The standard InChI is InChI=1S/C11H18ClFN4/c1-16(2)5-6-17-10(9(12)7-15-17)11(13)3-4-14-8-11/h7,14H,3-6,8H2,1-2H3. The number of rotatable bonds is 4. The van der Waals surface area contributed by atoms with Crippen LogP contribution in [0.1, 0.15) is 12.1 Å². The van der Waals surface area contributed by atoms with Crippen LogP contribution >= 0.6 is 11.6 Å². The molecule has 0 radical (unpaired) electrons. The summed E-state index contributed by atoms with van der Waals surface area (Å²) in [7, 11) is 3.96. The van der Waals surface area contributed by atoms with Gasteiger partial charge in [0.1, 0.15) is 0 Å². The second-order valence-electron chi connectivity index (χ2n) is 4.76. The van der Waals surface area contributed by atoms with E-state index >= 15 is 0 Å². The number of nitrogens with one attached hydrogen (secondary N) is 1. The molecular formula is C11H18ClFN4. The van der Waals surface area contributed by atoms with E-state index in [1.54, 1.807) is 4.68 Å². The third-order valence-electron chi connectivity index (χ3n) is 3.08. The number of halogens is 2. The molecule has 1 fully saturated rings. The second-order valence-corrected chi connectivity index (χ2v) is 5.17. The fourth-order valence-corrected chi connectivity index (χ4v) is 2.45. The highest BCUT2D eigenvalue weighted by atomic mass is 35.5. The van der Waals surface area contributed by atoms with Gasteiger partial charge < -0.3 is 10.2 Å². The zero-order valence-corrected chi connectivity index (χ0v) is 11.0. The third-order valence-corrected chi connectivity index (χ3v) is 3.36. The molecular weight excluding hydrogens is 243 g/mol. The van der Waals surface area contributed by atoms with Crippen molar-refractivity contribution in [2.45, 2.75) is 18.6 Å². The van der Waals surface area contributed by atoms with Gasteiger partial charge in [-0.1, -0.05) is 11.6 Å². The normalized spacial score (nSPS) is 24.8. The monoisotopic (exact) mass is 260 g/mol. The lowest BCUT2D eigenvalue weighted by Crippen LogP contribution is -2.29. The van der Waals surface area contributed by atoms with E-state index in [4.69, 9.17) is 11.6 Å². The molecule has 2 heterocycles. The maximum atomic E-state index is 14.7. The molecule has 17 heavy (non-hydrogen) atoms. The molecule has 1 aromatic rings. The summed E-state index contributed by atoms with van der Waals surface area (Å²) < 4.78 is 16.4. The van der Waals surface area contributed by atoms with Gasteiger partial charge in [0.25, 0.3) is 0 Å². The molecule has 1 aromatic heterocycles. The van der Waals surface area contributed by atoms with Crippen molar-refractivity contribution in [1.82, 2.24) is 20.0 Å². The molecule has 1 aliphatic heterocycles. The lowest BCUT2D eigenvalue weighted by molar-refractivity contribution is 0.175. The van der Waals surface area contributed by atoms with Crippen LogP contribution in [-0.2, 0) is 12.2 Å². The molecule has 0 bridgehead atoms. The Morgan fingerprint density at radius 2 is 2.41 bits per heavy atom. The number of aromatic nitrogens is 2. The van der Waals surface area contributed by atoms with E-state index in [1.165, 1.54) is 6.20 Å². The van der Waals surface area contributed by atoms with Crippen molar-refractivity contribution in [2.75, 3.05) is 33.7 Å². The van der Waals surface area contributed by atoms with Crippen molar-refractivity contribution in [2.24, 2.45) is 0 Å². The van der Waals surface area contributed by atoms with E-state index in [9.17, 15) is 4.39 Å². The predicted octanol–water partition coefficient (Wildman–Crippen LogP) is 1.26. The van der Waals surface area contributed by atoms with Crippen molar-refractivity contribution in [1.29, 1.82) is 0 Å². The Balaban J connectivity index is 2.23. The first-order valence-electron chi connectivity index (χ1n) is 5.79. The average Bonchev–Trinajstić information content (AvgIpc) is 2.83. The largest absolute Gasteiger partial charge is 0.313 e. The van der Waals surface area contributed by atoms with Gasteiger partial charge in [0.05, 0.1) is 23.5 Å². The van der Waals surface area contributed by atoms with Gasteiger partial charge >= 0.3 is 0 Å². The van der Waals surface area contributed by atoms with Crippen molar-refractivity contribution < 1.29 is 4.39 Å². The van der Waals surface area contributed by atoms with Crippen LogP contribution in [0.5, 0.6) is 0 Å². The minimum absolute atomic E-state index is 0.320. The number of likely N-dealkylation sites (N-methyl/N-ethyl adjacent to an activating group) is 1. The van der Waals surface area contributed by atoms with Gasteiger partial charge in [-0.3, -0.25) is 4.68 Å². The van der Waals surface area contributed by atoms with Gasteiger partial charge in [-0.05, 0) is 20.6 Å². The maximum Gasteiger partial charge on any atom is 0.167 e. The van der Waals surface area contributed by atoms with E-state index in [-0.39, 0.29) is 0 Å². The van der Waals surface area contributed by atoms with Gasteiger partial charge in [-0.15, -0.1) is 0 Å². The van der Waals surface area contributed by atoms with Gasteiger partial charge in [0.15, 0.2) is 5.67 Å². The van der Waals surface area contributed by atoms with Gasteiger partial charge in [0, 0.05) is 19.5 Å². The summed E-state index contributed by atoms with van der Waals surface area (Å²) in [4.78, 5) is 2.04. The van der Waals surface area contributed by atoms with E-state index in [2.05, 4.69) is 10.4 Å². The Morgan fingerprint density at radius 1 is 1.65 bits per heavy atom. The van der Waals surface area contributed by atoms with Crippen LogP contribution in [0.15, 0.2) is 6.20 Å². The average molecular weight is 261 g/mol.